The third-order valence-electron chi connectivity index (χ3n) is 7.70. The predicted octanol–water partition coefficient (Wildman–Crippen LogP) is 7.66. The first-order chi connectivity index (χ1) is 19.5. The van der Waals surface area contributed by atoms with Gasteiger partial charge in [-0.2, -0.15) is 4.57 Å². The van der Waals surface area contributed by atoms with E-state index in [-0.39, 0.29) is 11.8 Å². The number of thiophene rings is 1. The van der Waals surface area contributed by atoms with Gasteiger partial charge in [0, 0.05) is 22.6 Å². The van der Waals surface area contributed by atoms with E-state index >= 15 is 0 Å². The van der Waals surface area contributed by atoms with Gasteiger partial charge in [0.15, 0.2) is 12.7 Å². The van der Waals surface area contributed by atoms with Gasteiger partial charge in [0.1, 0.15) is 23.1 Å². The first-order valence-electron chi connectivity index (χ1n) is 14.1. The van der Waals surface area contributed by atoms with E-state index in [4.69, 9.17) is 4.74 Å². The first kappa shape index (κ1) is 29.3. The molecule has 1 atom stereocenters. The number of benzene rings is 2. The lowest BCUT2D eigenvalue weighted by molar-refractivity contribution is -0.678. The molecule has 4 aromatic rings. The number of carboxylic acids is 1. The second kappa shape index (κ2) is 12.3. The Morgan fingerprint density at radius 2 is 1.76 bits per heavy atom. The number of nitrogens with zero attached hydrogens (tertiary/aromatic N) is 1. The molecule has 2 aromatic carbocycles. The Morgan fingerprint density at radius 3 is 2.39 bits per heavy atom. The lowest BCUT2D eigenvalue weighted by Gasteiger charge is -2.19. The zero-order valence-electron chi connectivity index (χ0n) is 23.7. The summed E-state index contributed by atoms with van der Waals surface area (Å²) in [5.41, 5.74) is 2.75. The molecular formula is C33H36BrN2O4S+. The molecule has 0 aliphatic heterocycles. The molecule has 1 aliphatic carbocycles. The smallest absolute Gasteiger partial charge is 0.326 e. The number of carboxylic acid groups (broad SMARTS) is 1. The molecule has 0 radical (unpaired) electrons. The molecular weight excluding hydrogens is 600 g/mol. The van der Waals surface area contributed by atoms with Gasteiger partial charge in [0.25, 0.3) is 5.91 Å². The van der Waals surface area contributed by atoms with Gasteiger partial charge >= 0.3 is 5.97 Å². The van der Waals surface area contributed by atoms with Crippen molar-refractivity contribution in [1.82, 2.24) is 5.32 Å². The SMILES string of the molecule is CC(C)(C)c1ccc(Oc2ccc3cc(C(=O)N[C@@H](Cc4ccc(Br)s4)C(=O)O)c[n+](CC4CCCC4)c3c2)cc1. The zero-order chi connectivity index (χ0) is 29.1. The van der Waals surface area contributed by atoms with E-state index in [1.807, 2.05) is 54.7 Å². The highest BCUT2D eigenvalue weighted by molar-refractivity contribution is 9.11. The molecule has 5 rings (SSSR count). The van der Waals surface area contributed by atoms with Crippen LogP contribution < -0.4 is 14.6 Å². The minimum atomic E-state index is -1.06. The second-order valence-electron chi connectivity index (χ2n) is 11.9. The summed E-state index contributed by atoms with van der Waals surface area (Å²) in [6.07, 6.45) is 6.86. The number of nitrogens with one attached hydrogen (secondary N) is 1. The van der Waals surface area contributed by atoms with Crippen LogP contribution in [0.25, 0.3) is 10.9 Å². The number of halogens is 1. The van der Waals surface area contributed by atoms with Gasteiger partial charge in [-0.05, 0) is 82.2 Å². The van der Waals surface area contributed by atoms with E-state index < -0.39 is 17.9 Å². The van der Waals surface area contributed by atoms with Crippen LogP contribution in [0.1, 0.15) is 67.3 Å². The molecule has 2 aromatic heterocycles. The lowest BCUT2D eigenvalue weighted by Crippen LogP contribution is -2.44. The highest BCUT2D eigenvalue weighted by Crippen LogP contribution is 2.30. The summed E-state index contributed by atoms with van der Waals surface area (Å²) in [6.45, 7) is 7.37. The van der Waals surface area contributed by atoms with E-state index in [1.54, 1.807) is 0 Å². The highest BCUT2D eigenvalue weighted by atomic mass is 79.9. The number of pyridine rings is 1. The summed E-state index contributed by atoms with van der Waals surface area (Å²) in [4.78, 5) is 26.3. The molecule has 214 valence electrons. The molecule has 1 amide bonds. The average Bonchev–Trinajstić information content (AvgIpc) is 3.59. The van der Waals surface area contributed by atoms with Crippen molar-refractivity contribution in [2.75, 3.05) is 0 Å². The molecule has 8 heteroatoms. The van der Waals surface area contributed by atoms with Crippen LogP contribution in [-0.2, 0) is 23.2 Å². The average molecular weight is 637 g/mol. The van der Waals surface area contributed by atoms with E-state index in [0.717, 1.165) is 37.6 Å². The number of rotatable bonds is 9. The number of carbonyl (C=O) groups is 2. The van der Waals surface area contributed by atoms with Crippen molar-refractivity contribution in [2.24, 2.45) is 5.92 Å². The minimum absolute atomic E-state index is 0.0723. The maximum absolute atomic E-state index is 13.4. The molecule has 1 saturated carbocycles. The van der Waals surface area contributed by atoms with Gasteiger partial charge in [-0.25, -0.2) is 4.79 Å². The topological polar surface area (TPSA) is 79.5 Å². The Morgan fingerprint density at radius 1 is 1.05 bits per heavy atom. The Bertz CT molecular complexity index is 1550. The summed E-state index contributed by atoms with van der Waals surface area (Å²) in [7, 11) is 0. The number of fused-ring (bicyclic) bond motifs is 1. The van der Waals surface area contributed by atoms with Crippen LogP contribution in [0.3, 0.4) is 0 Å². The number of aliphatic carboxylic acids is 1. The van der Waals surface area contributed by atoms with Gasteiger partial charge in [0.05, 0.1) is 9.85 Å². The van der Waals surface area contributed by atoms with Crippen LogP contribution in [0.2, 0.25) is 0 Å². The van der Waals surface area contributed by atoms with Crippen molar-refractivity contribution in [3.63, 3.8) is 0 Å². The molecule has 1 fully saturated rings. The number of amides is 1. The van der Waals surface area contributed by atoms with Gasteiger partial charge in [-0.15, -0.1) is 11.3 Å². The molecule has 6 nitrogen and oxygen atoms in total. The highest BCUT2D eigenvalue weighted by Gasteiger charge is 2.26. The van der Waals surface area contributed by atoms with Gasteiger partial charge in [0.2, 0.25) is 5.52 Å². The normalized spacial score (nSPS) is 14.7. The monoisotopic (exact) mass is 635 g/mol. The van der Waals surface area contributed by atoms with E-state index in [9.17, 15) is 14.7 Å². The predicted molar refractivity (Wildman–Crippen MR) is 166 cm³/mol. The van der Waals surface area contributed by atoms with Crippen LogP contribution in [0.5, 0.6) is 11.5 Å². The summed E-state index contributed by atoms with van der Waals surface area (Å²) >= 11 is 4.89. The number of carbonyl (C=O) groups excluding carboxylic acids is 1. The van der Waals surface area contributed by atoms with Crippen LogP contribution in [0.15, 0.2) is 70.6 Å². The summed E-state index contributed by atoms with van der Waals surface area (Å²) in [6, 6.07) is 18.7. The van der Waals surface area contributed by atoms with E-state index in [0.29, 0.717) is 11.5 Å². The summed E-state index contributed by atoms with van der Waals surface area (Å²) in [5.74, 6) is 0.592. The fourth-order valence-electron chi connectivity index (χ4n) is 5.41. The van der Waals surface area contributed by atoms with Crippen molar-refractivity contribution in [3.05, 3.63) is 86.7 Å². The van der Waals surface area contributed by atoms with Crippen molar-refractivity contribution in [2.45, 2.75) is 70.9 Å². The van der Waals surface area contributed by atoms with E-state index in [2.05, 4.69) is 58.7 Å². The van der Waals surface area contributed by atoms with Crippen molar-refractivity contribution in [1.29, 1.82) is 0 Å². The molecule has 2 N–H and O–H groups in total. The maximum Gasteiger partial charge on any atom is 0.326 e. The molecule has 0 unspecified atom stereocenters. The van der Waals surface area contributed by atoms with Crippen LogP contribution in [-0.4, -0.2) is 23.0 Å². The van der Waals surface area contributed by atoms with Gasteiger partial charge < -0.3 is 15.2 Å². The molecule has 2 heterocycles. The Kier molecular flexibility index (Phi) is 8.80. The Hall–Kier alpha value is -3.23. The largest absolute Gasteiger partial charge is 0.480 e. The lowest BCUT2D eigenvalue weighted by atomic mass is 9.87. The van der Waals surface area contributed by atoms with E-state index in [1.165, 1.54) is 42.6 Å². The molecule has 0 saturated heterocycles. The van der Waals surface area contributed by atoms with Crippen molar-refractivity contribution in [3.8, 4) is 11.5 Å². The fourth-order valence-corrected chi connectivity index (χ4v) is 6.94. The van der Waals surface area contributed by atoms with Crippen molar-refractivity contribution < 1.29 is 24.0 Å². The minimum Gasteiger partial charge on any atom is -0.480 e. The number of ether oxygens (including phenoxy) is 1. The number of aromatic nitrogens is 1. The Balaban J connectivity index is 1.42. The van der Waals surface area contributed by atoms with Crippen LogP contribution in [0, 0.1) is 5.92 Å². The third kappa shape index (κ3) is 7.35. The van der Waals surface area contributed by atoms with Gasteiger partial charge in [-0.1, -0.05) is 45.7 Å². The van der Waals surface area contributed by atoms with Crippen LogP contribution >= 0.6 is 27.3 Å². The fraction of sp³-hybridized carbons (Fsp3) is 0.364. The Labute approximate surface area is 253 Å². The molecule has 41 heavy (non-hydrogen) atoms. The van der Waals surface area contributed by atoms with Gasteiger partial charge in [-0.3, -0.25) is 4.79 Å². The maximum atomic E-state index is 13.4. The summed E-state index contributed by atoms with van der Waals surface area (Å²) < 4.78 is 9.30. The zero-order valence-corrected chi connectivity index (χ0v) is 26.1. The molecule has 1 aliphatic rings. The first-order valence-corrected chi connectivity index (χ1v) is 15.7. The van der Waals surface area contributed by atoms with Crippen molar-refractivity contribution >= 4 is 50.0 Å². The number of hydrogen-bond acceptors (Lipinski definition) is 4. The quantitative estimate of drug-likeness (QED) is 0.185. The molecule has 0 spiro atoms. The van der Waals surface area contributed by atoms with Crippen LogP contribution in [0.4, 0.5) is 0 Å². The molecule has 0 bridgehead atoms. The number of hydrogen-bond donors (Lipinski definition) is 2. The second-order valence-corrected chi connectivity index (χ2v) is 14.5. The standard InChI is InChI=1S/C33H35BrN2O4S/c1-33(2,3)24-9-12-25(13-10-24)40-26-11-8-22-16-23(20-36(29(22)17-26)19-21-6-4-5-7-21)31(37)35-28(32(38)39)18-27-14-15-30(34)41-27/h8-17,20-21,28H,4-7,18-19H2,1-3H3,(H-,35,37,38,39)/p+1/t28-/m0/s1. The summed E-state index contributed by atoms with van der Waals surface area (Å²) in [5, 5.41) is 13.5. The third-order valence-corrected chi connectivity index (χ3v) is 9.35.